The van der Waals surface area contributed by atoms with Crippen LogP contribution < -0.4 is 4.74 Å². The smallest absolute Gasteiger partial charge is 0.118 e. The molecule has 172 valence electrons. The molecule has 3 aromatic carbocycles. The van der Waals surface area contributed by atoms with Gasteiger partial charge >= 0.3 is 0 Å². The average molecular weight is 441 g/mol. The van der Waals surface area contributed by atoms with Crippen molar-refractivity contribution >= 4 is 5.57 Å². The van der Waals surface area contributed by atoms with Crippen LogP contribution >= 0.6 is 0 Å². The van der Waals surface area contributed by atoms with Gasteiger partial charge in [0.05, 0.1) is 7.11 Å². The number of hydrogen-bond donors (Lipinski definition) is 0. The van der Waals surface area contributed by atoms with Gasteiger partial charge in [-0.05, 0) is 67.3 Å². The Kier molecular flexibility index (Phi) is 8.35. The highest BCUT2D eigenvalue weighted by molar-refractivity contribution is 5.79. The third kappa shape index (κ3) is 6.34. The van der Waals surface area contributed by atoms with Crippen LogP contribution in [0, 0.1) is 0 Å². The summed E-state index contributed by atoms with van der Waals surface area (Å²) in [6.07, 6.45) is 5.08. The van der Waals surface area contributed by atoms with Gasteiger partial charge in [-0.15, -0.1) is 0 Å². The second-order valence-corrected chi connectivity index (χ2v) is 8.84. The molecule has 0 unspecified atom stereocenters. The summed E-state index contributed by atoms with van der Waals surface area (Å²) in [4.78, 5) is 5.21. The van der Waals surface area contributed by atoms with Crippen molar-refractivity contribution in [3.8, 4) is 5.75 Å². The molecule has 1 heterocycles. The van der Waals surface area contributed by atoms with Crippen molar-refractivity contribution in [1.82, 2.24) is 9.80 Å². The molecule has 3 nitrogen and oxygen atoms in total. The van der Waals surface area contributed by atoms with Gasteiger partial charge < -0.3 is 9.64 Å². The zero-order valence-corrected chi connectivity index (χ0v) is 20.0. The maximum atomic E-state index is 5.37. The molecule has 1 fully saturated rings. The second kappa shape index (κ2) is 11.8. The summed E-state index contributed by atoms with van der Waals surface area (Å²) in [6.45, 7) is 7.88. The highest BCUT2D eigenvalue weighted by atomic mass is 16.5. The van der Waals surface area contributed by atoms with Gasteiger partial charge in [0.25, 0.3) is 0 Å². The molecule has 1 aliphatic rings. The van der Waals surface area contributed by atoms with Crippen molar-refractivity contribution in [2.75, 3.05) is 39.8 Å². The SMILES string of the molecule is COc1ccc([C@@H](C)N(CC=C(c2ccccc2)c2ccccc2)CCN2CCCC2)cc1. The Morgan fingerprint density at radius 1 is 0.879 bits per heavy atom. The quantitative estimate of drug-likeness (QED) is 0.369. The molecule has 1 atom stereocenters. The van der Waals surface area contributed by atoms with Gasteiger partial charge in [-0.1, -0.05) is 78.9 Å². The van der Waals surface area contributed by atoms with Crippen molar-refractivity contribution in [3.05, 3.63) is 108 Å². The molecule has 0 saturated carbocycles. The van der Waals surface area contributed by atoms with Crippen LogP contribution in [-0.2, 0) is 0 Å². The lowest BCUT2D eigenvalue weighted by Gasteiger charge is -2.30. The molecule has 3 heteroatoms. The summed E-state index contributed by atoms with van der Waals surface area (Å²) in [6, 6.07) is 30.4. The number of rotatable bonds is 10. The Morgan fingerprint density at radius 2 is 1.45 bits per heavy atom. The third-order valence-corrected chi connectivity index (χ3v) is 6.75. The van der Waals surface area contributed by atoms with Crippen molar-refractivity contribution in [1.29, 1.82) is 0 Å². The molecule has 1 saturated heterocycles. The van der Waals surface area contributed by atoms with Crippen LogP contribution in [0.3, 0.4) is 0 Å². The van der Waals surface area contributed by atoms with Crippen molar-refractivity contribution < 1.29 is 4.74 Å². The van der Waals surface area contributed by atoms with Crippen molar-refractivity contribution in [3.63, 3.8) is 0 Å². The maximum Gasteiger partial charge on any atom is 0.118 e. The third-order valence-electron chi connectivity index (χ3n) is 6.75. The summed E-state index contributed by atoms with van der Waals surface area (Å²) in [5.41, 5.74) is 5.15. The number of hydrogen-bond acceptors (Lipinski definition) is 3. The number of benzene rings is 3. The van der Waals surface area contributed by atoms with E-state index in [0.717, 1.165) is 25.4 Å². The predicted molar refractivity (Wildman–Crippen MR) is 139 cm³/mol. The zero-order chi connectivity index (χ0) is 22.9. The average Bonchev–Trinajstić information content (AvgIpc) is 3.41. The first-order valence-electron chi connectivity index (χ1n) is 12.2. The van der Waals surface area contributed by atoms with Gasteiger partial charge in [0.2, 0.25) is 0 Å². The van der Waals surface area contributed by atoms with Crippen LogP contribution in [0.5, 0.6) is 5.75 Å². The molecule has 1 aliphatic heterocycles. The first kappa shape index (κ1) is 23.3. The molecule has 4 rings (SSSR count). The fraction of sp³-hybridized carbons (Fsp3) is 0.333. The number of likely N-dealkylation sites (tertiary alicyclic amines) is 1. The summed E-state index contributed by atoms with van der Waals surface area (Å²) in [5, 5.41) is 0. The van der Waals surface area contributed by atoms with Crippen LogP contribution in [0.25, 0.3) is 5.57 Å². The van der Waals surface area contributed by atoms with E-state index >= 15 is 0 Å². The van der Waals surface area contributed by atoms with E-state index in [1.807, 2.05) is 0 Å². The van der Waals surface area contributed by atoms with Crippen LogP contribution in [0.2, 0.25) is 0 Å². The molecule has 0 bridgehead atoms. The summed E-state index contributed by atoms with van der Waals surface area (Å²) in [5.74, 6) is 0.907. The highest BCUT2D eigenvalue weighted by Gasteiger charge is 2.18. The Morgan fingerprint density at radius 3 is 2.00 bits per heavy atom. The van der Waals surface area contributed by atoms with Gasteiger partial charge in [-0.3, -0.25) is 4.90 Å². The normalized spacial score (nSPS) is 14.9. The van der Waals surface area contributed by atoms with Crippen LogP contribution in [0.1, 0.15) is 42.5 Å². The minimum absolute atomic E-state index is 0.322. The van der Waals surface area contributed by atoms with E-state index in [4.69, 9.17) is 4.74 Å². The summed E-state index contributed by atoms with van der Waals surface area (Å²) in [7, 11) is 1.72. The van der Waals surface area contributed by atoms with Crippen LogP contribution in [0.15, 0.2) is 91.0 Å². The predicted octanol–water partition coefficient (Wildman–Crippen LogP) is 6.29. The summed E-state index contributed by atoms with van der Waals surface area (Å²) >= 11 is 0. The number of nitrogens with zero attached hydrogens (tertiary/aromatic N) is 2. The van der Waals surface area contributed by atoms with Crippen LogP contribution in [-0.4, -0.2) is 49.6 Å². The van der Waals surface area contributed by atoms with Gasteiger partial charge in [0, 0.05) is 25.7 Å². The lowest BCUT2D eigenvalue weighted by atomic mass is 9.97. The molecule has 0 spiro atoms. The standard InChI is InChI=1S/C30H36N2O/c1-25(26-15-17-29(33-2)18-16-26)32(24-23-31-20-9-10-21-31)22-19-30(27-11-5-3-6-12-27)28-13-7-4-8-14-28/h3-8,11-19,25H,9-10,20-24H2,1-2H3/t25-/m1/s1. The Hall–Kier alpha value is -2.88. The molecular weight excluding hydrogens is 404 g/mol. The molecule has 0 N–H and O–H groups in total. The Bertz CT molecular complexity index is 951. The van der Waals surface area contributed by atoms with Gasteiger partial charge in [-0.25, -0.2) is 0 Å². The number of methoxy groups -OCH3 is 1. The van der Waals surface area contributed by atoms with Crippen molar-refractivity contribution in [2.24, 2.45) is 0 Å². The van der Waals surface area contributed by atoms with E-state index in [0.29, 0.717) is 6.04 Å². The van der Waals surface area contributed by atoms with E-state index < -0.39 is 0 Å². The lowest BCUT2D eigenvalue weighted by Crippen LogP contribution is -2.35. The van der Waals surface area contributed by atoms with Gasteiger partial charge in [-0.2, -0.15) is 0 Å². The summed E-state index contributed by atoms with van der Waals surface area (Å²) < 4.78 is 5.37. The molecular formula is C30H36N2O. The number of ether oxygens (including phenoxy) is 1. The first-order valence-corrected chi connectivity index (χ1v) is 12.2. The maximum absolute atomic E-state index is 5.37. The highest BCUT2D eigenvalue weighted by Crippen LogP contribution is 2.26. The fourth-order valence-electron chi connectivity index (χ4n) is 4.66. The zero-order valence-electron chi connectivity index (χ0n) is 20.0. The minimum Gasteiger partial charge on any atom is -0.497 e. The second-order valence-electron chi connectivity index (χ2n) is 8.84. The van der Waals surface area contributed by atoms with Gasteiger partial charge in [0.1, 0.15) is 5.75 Å². The Balaban J connectivity index is 1.59. The minimum atomic E-state index is 0.322. The largest absolute Gasteiger partial charge is 0.497 e. The van der Waals surface area contributed by atoms with Crippen LogP contribution in [0.4, 0.5) is 0 Å². The Labute approximate surface area is 199 Å². The molecule has 0 radical (unpaired) electrons. The van der Waals surface area contributed by atoms with Crippen molar-refractivity contribution in [2.45, 2.75) is 25.8 Å². The molecule has 0 amide bonds. The molecule has 3 aromatic rings. The molecule has 0 aromatic heterocycles. The fourth-order valence-corrected chi connectivity index (χ4v) is 4.66. The van der Waals surface area contributed by atoms with E-state index in [1.54, 1.807) is 7.11 Å². The van der Waals surface area contributed by atoms with Gasteiger partial charge in [0.15, 0.2) is 0 Å². The molecule has 0 aliphatic carbocycles. The van der Waals surface area contributed by atoms with E-state index in [9.17, 15) is 0 Å². The monoisotopic (exact) mass is 440 g/mol. The van der Waals surface area contributed by atoms with E-state index in [2.05, 4.69) is 108 Å². The lowest BCUT2D eigenvalue weighted by molar-refractivity contribution is 0.197. The van der Waals surface area contributed by atoms with E-state index in [1.165, 1.54) is 48.2 Å². The first-order chi connectivity index (χ1) is 16.2. The molecule has 33 heavy (non-hydrogen) atoms. The topological polar surface area (TPSA) is 15.7 Å². The van der Waals surface area contributed by atoms with E-state index in [-0.39, 0.29) is 0 Å².